The Morgan fingerprint density at radius 2 is 2.30 bits per heavy atom. The molecule has 3 N–H and O–H groups in total. The van der Waals surface area contributed by atoms with Gasteiger partial charge in [0.1, 0.15) is 0 Å². The van der Waals surface area contributed by atoms with Gasteiger partial charge in [-0.1, -0.05) is 6.42 Å². The van der Waals surface area contributed by atoms with Crippen LogP contribution in [0.1, 0.15) is 38.5 Å². The van der Waals surface area contributed by atoms with Crippen LogP contribution >= 0.6 is 0 Å². The van der Waals surface area contributed by atoms with Crippen molar-refractivity contribution in [2.45, 2.75) is 44.6 Å². The highest BCUT2D eigenvalue weighted by Crippen LogP contribution is 2.20. The van der Waals surface area contributed by atoms with Gasteiger partial charge in [-0.25, -0.2) is 0 Å². The number of carbonyl (C=O) groups excluding carboxylic acids is 1. The van der Waals surface area contributed by atoms with Crippen molar-refractivity contribution in [1.82, 2.24) is 5.32 Å². The van der Waals surface area contributed by atoms with Crippen LogP contribution in [0.5, 0.6) is 0 Å². The normalized spacial score (nSPS) is 24.4. The maximum Gasteiger partial charge on any atom is 0.312 e. The van der Waals surface area contributed by atoms with Crippen LogP contribution in [0, 0.1) is 5.92 Å². The monoisotopic (exact) mass is 280 g/mol. The van der Waals surface area contributed by atoms with Gasteiger partial charge in [0.2, 0.25) is 0 Å². The lowest BCUT2D eigenvalue weighted by Crippen LogP contribution is -2.39. The molecule has 0 saturated carbocycles. The number of nitrogens with one attached hydrogen (secondary N) is 1. The summed E-state index contributed by atoms with van der Waals surface area (Å²) in [4.78, 5) is 20.9. The highest BCUT2D eigenvalue weighted by atomic mass is 16.5. The average Bonchev–Trinajstić information content (AvgIpc) is 2.87. The van der Waals surface area contributed by atoms with Crippen molar-refractivity contribution in [3.63, 3.8) is 0 Å². The lowest BCUT2D eigenvalue weighted by atomic mass is 9.95. The minimum atomic E-state index is -0.292. The van der Waals surface area contributed by atoms with Gasteiger partial charge in [0, 0.05) is 25.9 Å². The Hall–Kier alpha value is -1.59. The Labute approximate surface area is 119 Å². The van der Waals surface area contributed by atoms with Gasteiger partial charge >= 0.3 is 5.97 Å². The van der Waals surface area contributed by atoms with E-state index in [2.05, 4.69) is 15.3 Å². The molecule has 2 heterocycles. The lowest BCUT2D eigenvalue weighted by Gasteiger charge is -2.22. The summed E-state index contributed by atoms with van der Waals surface area (Å²) >= 11 is 0. The first-order valence-electron chi connectivity index (χ1n) is 7.38. The summed E-state index contributed by atoms with van der Waals surface area (Å²) in [5.41, 5.74) is 5.88. The molecule has 0 aromatic carbocycles. The van der Waals surface area contributed by atoms with Crippen LogP contribution in [0.25, 0.3) is 0 Å². The molecule has 0 bridgehead atoms. The van der Waals surface area contributed by atoms with E-state index in [1.54, 1.807) is 0 Å². The first kappa shape index (κ1) is 14.8. The molecule has 6 nitrogen and oxygen atoms in total. The first-order valence-corrected chi connectivity index (χ1v) is 7.38. The Kier molecular flexibility index (Phi) is 5.38. The van der Waals surface area contributed by atoms with Crippen LogP contribution in [0.15, 0.2) is 9.98 Å². The van der Waals surface area contributed by atoms with Gasteiger partial charge in [-0.3, -0.25) is 14.8 Å². The molecule has 0 aliphatic carbocycles. The van der Waals surface area contributed by atoms with Crippen LogP contribution < -0.4 is 11.1 Å². The number of methoxy groups -OCH3 is 1. The second kappa shape index (κ2) is 7.26. The fourth-order valence-corrected chi connectivity index (χ4v) is 2.73. The van der Waals surface area contributed by atoms with E-state index in [0.29, 0.717) is 12.4 Å². The standard InChI is InChI=1S/C14H24N4O2/c1-20-14(19)10(9-17-13-7-4-8-16-13)11-5-2-3-6-12(15)18-11/h10-11H,2-9H2,1H3,(H2,15,18)(H,16,17). The highest BCUT2D eigenvalue weighted by Gasteiger charge is 2.30. The maximum atomic E-state index is 12.0. The molecule has 20 heavy (non-hydrogen) atoms. The van der Waals surface area contributed by atoms with E-state index in [1.807, 2.05) is 0 Å². The number of nitrogens with zero attached hydrogens (tertiary/aromatic N) is 2. The van der Waals surface area contributed by atoms with Gasteiger partial charge in [0.15, 0.2) is 0 Å². The Bertz CT molecular complexity index is 406. The van der Waals surface area contributed by atoms with Gasteiger partial charge < -0.3 is 15.8 Å². The molecule has 2 unspecified atom stereocenters. The number of aliphatic imine (C=N–C) groups is 2. The molecule has 6 heteroatoms. The third-order valence-electron chi connectivity index (χ3n) is 3.88. The Morgan fingerprint density at radius 1 is 1.45 bits per heavy atom. The van der Waals surface area contributed by atoms with Crippen molar-refractivity contribution in [1.29, 1.82) is 0 Å². The average molecular weight is 280 g/mol. The SMILES string of the molecule is COC(=O)C(CNC1=NCCC1)C1CCCCC(N)=N1. The van der Waals surface area contributed by atoms with Crippen molar-refractivity contribution in [2.24, 2.45) is 21.6 Å². The molecule has 0 spiro atoms. The molecule has 2 rings (SSSR count). The third-order valence-corrected chi connectivity index (χ3v) is 3.88. The molecule has 0 fully saturated rings. The smallest absolute Gasteiger partial charge is 0.312 e. The second-order valence-corrected chi connectivity index (χ2v) is 5.38. The van der Waals surface area contributed by atoms with Crippen LogP contribution in [0.4, 0.5) is 0 Å². The fraction of sp³-hybridized carbons (Fsp3) is 0.786. The van der Waals surface area contributed by atoms with E-state index in [0.717, 1.165) is 50.9 Å². The maximum absolute atomic E-state index is 12.0. The summed E-state index contributed by atoms with van der Waals surface area (Å²) in [6, 6.07) is -0.0838. The van der Waals surface area contributed by atoms with Gasteiger partial charge in [-0.05, 0) is 19.3 Å². The predicted molar refractivity (Wildman–Crippen MR) is 78.9 cm³/mol. The number of amidine groups is 2. The predicted octanol–water partition coefficient (Wildman–Crippen LogP) is 0.857. The van der Waals surface area contributed by atoms with E-state index < -0.39 is 0 Å². The molecule has 2 aliphatic rings. The number of nitrogens with two attached hydrogens (primary N) is 1. The summed E-state index contributed by atoms with van der Waals surface area (Å²) in [5.74, 6) is 1.13. The van der Waals surface area contributed by atoms with Crippen LogP contribution in [0.2, 0.25) is 0 Å². The molecular formula is C14H24N4O2. The quantitative estimate of drug-likeness (QED) is 0.747. The third kappa shape index (κ3) is 3.95. The van der Waals surface area contributed by atoms with E-state index in [-0.39, 0.29) is 17.9 Å². The van der Waals surface area contributed by atoms with E-state index in [1.165, 1.54) is 7.11 Å². The Morgan fingerprint density at radius 3 is 3.00 bits per heavy atom. The van der Waals surface area contributed by atoms with E-state index in [4.69, 9.17) is 10.5 Å². The van der Waals surface area contributed by atoms with Crippen molar-refractivity contribution in [3.8, 4) is 0 Å². The van der Waals surface area contributed by atoms with Crippen LogP contribution in [0.3, 0.4) is 0 Å². The molecule has 2 atom stereocenters. The van der Waals surface area contributed by atoms with Gasteiger partial charge in [-0.2, -0.15) is 0 Å². The lowest BCUT2D eigenvalue weighted by molar-refractivity contribution is -0.145. The summed E-state index contributed by atoms with van der Waals surface area (Å²) in [6.07, 6.45) is 5.84. The topological polar surface area (TPSA) is 89.1 Å². The molecule has 0 aromatic heterocycles. The number of hydrogen-bond acceptors (Lipinski definition) is 6. The minimum absolute atomic E-state index is 0.0838. The summed E-state index contributed by atoms with van der Waals surface area (Å²) in [5, 5.41) is 3.27. The summed E-state index contributed by atoms with van der Waals surface area (Å²) in [6.45, 7) is 1.40. The van der Waals surface area contributed by atoms with Crippen molar-refractivity contribution in [2.75, 3.05) is 20.2 Å². The first-order chi connectivity index (χ1) is 9.70. The number of carbonyl (C=O) groups is 1. The molecule has 0 radical (unpaired) electrons. The zero-order valence-corrected chi connectivity index (χ0v) is 12.1. The Balaban J connectivity index is 2.01. The van der Waals surface area contributed by atoms with Gasteiger partial charge in [-0.15, -0.1) is 0 Å². The fourth-order valence-electron chi connectivity index (χ4n) is 2.73. The molecule has 112 valence electrons. The molecular weight excluding hydrogens is 256 g/mol. The van der Waals surface area contributed by atoms with Gasteiger partial charge in [0.05, 0.1) is 30.7 Å². The molecule has 0 saturated heterocycles. The highest BCUT2D eigenvalue weighted by molar-refractivity contribution is 5.84. The number of hydrogen-bond donors (Lipinski definition) is 2. The summed E-state index contributed by atoms with van der Waals surface area (Å²) < 4.78 is 4.93. The second-order valence-electron chi connectivity index (χ2n) is 5.38. The zero-order valence-electron chi connectivity index (χ0n) is 12.1. The molecule has 2 aliphatic heterocycles. The molecule has 0 aromatic rings. The van der Waals surface area contributed by atoms with Crippen molar-refractivity contribution in [3.05, 3.63) is 0 Å². The van der Waals surface area contributed by atoms with Crippen molar-refractivity contribution < 1.29 is 9.53 Å². The van der Waals surface area contributed by atoms with Gasteiger partial charge in [0.25, 0.3) is 0 Å². The van der Waals surface area contributed by atoms with E-state index >= 15 is 0 Å². The van der Waals surface area contributed by atoms with Crippen molar-refractivity contribution >= 4 is 17.6 Å². The summed E-state index contributed by atoms with van der Waals surface area (Å²) in [7, 11) is 1.42. The number of esters is 1. The largest absolute Gasteiger partial charge is 0.469 e. The number of rotatable bonds is 4. The number of ether oxygens (including phenoxy) is 1. The zero-order chi connectivity index (χ0) is 14.4. The minimum Gasteiger partial charge on any atom is -0.469 e. The van der Waals surface area contributed by atoms with E-state index in [9.17, 15) is 4.79 Å². The van der Waals surface area contributed by atoms with Crippen LogP contribution in [-0.4, -0.2) is 43.9 Å². The van der Waals surface area contributed by atoms with Crippen LogP contribution in [-0.2, 0) is 9.53 Å². The molecule has 0 amide bonds.